The Morgan fingerprint density at radius 2 is 2.00 bits per heavy atom. The summed E-state index contributed by atoms with van der Waals surface area (Å²) in [6, 6.07) is 1.84. The first-order valence-electron chi connectivity index (χ1n) is 13.5. The number of hydrogen-bond acceptors (Lipinski definition) is 6. The van der Waals surface area contributed by atoms with E-state index in [1.54, 1.807) is 29.8 Å². The fourth-order valence-electron chi connectivity index (χ4n) is 6.10. The Labute approximate surface area is 242 Å². The van der Waals surface area contributed by atoms with Crippen molar-refractivity contribution in [1.29, 1.82) is 5.26 Å². The van der Waals surface area contributed by atoms with Crippen molar-refractivity contribution >= 4 is 39.2 Å². The molecule has 2 aliphatic carbocycles. The van der Waals surface area contributed by atoms with Crippen LogP contribution in [0.2, 0.25) is 0 Å². The van der Waals surface area contributed by atoms with Crippen LogP contribution in [0.5, 0.6) is 0 Å². The van der Waals surface area contributed by atoms with Crippen LogP contribution in [-0.4, -0.2) is 68.7 Å². The smallest absolute Gasteiger partial charge is 0.370 e. The predicted octanol–water partition coefficient (Wildman–Crippen LogP) is 3.41. The number of nitrogens with zero attached hydrogens (tertiary/aromatic N) is 4. The zero-order valence-corrected chi connectivity index (χ0v) is 24.0. The minimum Gasteiger partial charge on any atom is -0.370 e. The van der Waals surface area contributed by atoms with Crippen molar-refractivity contribution in [2.45, 2.75) is 82.0 Å². The molecule has 3 fully saturated rings. The van der Waals surface area contributed by atoms with Crippen LogP contribution in [0.4, 0.5) is 13.2 Å². The van der Waals surface area contributed by atoms with Gasteiger partial charge in [-0.25, -0.2) is 4.52 Å². The van der Waals surface area contributed by atoms with Crippen LogP contribution in [0.15, 0.2) is 29.0 Å². The number of fused-ring (bicyclic) bond motifs is 2. The van der Waals surface area contributed by atoms with Gasteiger partial charge in [-0.1, -0.05) is 6.42 Å². The van der Waals surface area contributed by atoms with E-state index in [0.717, 1.165) is 12.8 Å². The molecule has 6 atom stereocenters. The molecule has 2 aromatic rings. The van der Waals surface area contributed by atoms with Crippen LogP contribution >= 0.6 is 15.9 Å². The van der Waals surface area contributed by atoms with Crippen LogP contribution in [0, 0.1) is 23.2 Å². The lowest BCUT2D eigenvalue weighted by molar-refractivity contribution is -0.177. The molecule has 14 heteroatoms. The summed E-state index contributed by atoms with van der Waals surface area (Å²) in [5.41, 5.74) is 0.455. The van der Waals surface area contributed by atoms with Crippen molar-refractivity contribution in [3.63, 3.8) is 0 Å². The first kappa shape index (κ1) is 29.3. The van der Waals surface area contributed by atoms with Crippen LogP contribution in [0.3, 0.4) is 0 Å². The molecule has 5 rings (SSSR count). The lowest BCUT2D eigenvalue weighted by Gasteiger charge is -2.34. The molecule has 3 aliphatic rings. The van der Waals surface area contributed by atoms with Crippen LogP contribution in [0.1, 0.15) is 57.6 Å². The van der Waals surface area contributed by atoms with Gasteiger partial charge in [0.05, 0.1) is 29.5 Å². The molecule has 220 valence electrons. The topological polar surface area (TPSA) is 129 Å². The van der Waals surface area contributed by atoms with Gasteiger partial charge >= 0.3 is 12.1 Å². The summed E-state index contributed by atoms with van der Waals surface area (Å²) in [6.07, 6.45) is 0.497. The van der Waals surface area contributed by atoms with Crippen LogP contribution < -0.4 is 10.6 Å². The van der Waals surface area contributed by atoms with E-state index >= 15 is 0 Å². The Morgan fingerprint density at radius 3 is 2.66 bits per heavy atom. The third-order valence-corrected chi connectivity index (χ3v) is 9.03. The van der Waals surface area contributed by atoms with E-state index in [2.05, 4.69) is 32.4 Å². The molecule has 2 aromatic heterocycles. The summed E-state index contributed by atoms with van der Waals surface area (Å²) in [5, 5.41) is 18.8. The first-order valence-corrected chi connectivity index (χ1v) is 14.3. The van der Waals surface area contributed by atoms with Gasteiger partial charge in [-0.05, 0) is 79.4 Å². The maximum absolute atomic E-state index is 13.9. The van der Waals surface area contributed by atoms with Crippen molar-refractivity contribution in [3.8, 4) is 6.07 Å². The average Bonchev–Trinajstić information content (AvgIpc) is 3.27. The number of halogens is 4. The number of carbonyl (C=O) groups excluding carboxylic acids is 3. The molecule has 10 nitrogen and oxygen atoms in total. The van der Waals surface area contributed by atoms with Crippen molar-refractivity contribution in [3.05, 3.63) is 34.6 Å². The predicted molar refractivity (Wildman–Crippen MR) is 142 cm³/mol. The molecule has 2 unspecified atom stereocenters. The molecular weight excluding hydrogens is 609 g/mol. The number of alkyl halides is 3. The van der Waals surface area contributed by atoms with E-state index < -0.39 is 53.7 Å². The Hall–Kier alpha value is -3.18. The molecule has 1 aliphatic heterocycles. The lowest BCUT2D eigenvalue weighted by Crippen LogP contribution is -2.60. The molecular formula is C27H30BrF3N6O4. The molecule has 0 bridgehead atoms. The van der Waals surface area contributed by atoms with Crippen molar-refractivity contribution in [2.24, 2.45) is 11.8 Å². The second-order valence-electron chi connectivity index (χ2n) is 11.3. The van der Waals surface area contributed by atoms with Gasteiger partial charge in [0.1, 0.15) is 18.1 Å². The summed E-state index contributed by atoms with van der Waals surface area (Å²) in [7, 11) is 0. The Kier molecular flexibility index (Phi) is 7.80. The van der Waals surface area contributed by atoms with Gasteiger partial charge in [-0.3, -0.25) is 14.4 Å². The van der Waals surface area contributed by atoms with E-state index in [1.165, 1.54) is 18.0 Å². The number of rotatable bonds is 8. The molecule has 41 heavy (non-hydrogen) atoms. The normalized spacial score (nSPS) is 25.2. The number of hydrogen-bond donors (Lipinski definition) is 2. The highest BCUT2D eigenvalue weighted by atomic mass is 79.9. The largest absolute Gasteiger partial charge is 0.471 e. The van der Waals surface area contributed by atoms with Crippen LogP contribution in [0.25, 0.3) is 5.52 Å². The summed E-state index contributed by atoms with van der Waals surface area (Å²) in [5.74, 6) is -3.92. The third kappa shape index (κ3) is 5.79. The Morgan fingerprint density at radius 1 is 1.27 bits per heavy atom. The number of likely N-dealkylation sites (tertiary alicyclic amines) is 1. The number of ether oxygens (including phenoxy) is 1. The Bertz CT molecular complexity index is 1400. The second-order valence-corrected chi connectivity index (χ2v) is 12.2. The van der Waals surface area contributed by atoms with Gasteiger partial charge in [0.15, 0.2) is 0 Å². The van der Waals surface area contributed by atoms with Gasteiger partial charge < -0.3 is 20.3 Å². The summed E-state index contributed by atoms with van der Waals surface area (Å²) >= 11 is 3.45. The van der Waals surface area contributed by atoms with E-state index in [9.17, 15) is 32.8 Å². The monoisotopic (exact) mass is 638 g/mol. The molecule has 3 heterocycles. The fourth-order valence-corrected chi connectivity index (χ4v) is 6.67. The quantitative estimate of drug-likeness (QED) is 0.456. The van der Waals surface area contributed by atoms with Gasteiger partial charge in [0, 0.05) is 22.8 Å². The summed E-state index contributed by atoms with van der Waals surface area (Å²) in [4.78, 5) is 40.9. The molecule has 1 saturated heterocycles. The van der Waals surface area contributed by atoms with Gasteiger partial charge in [-0.15, -0.1) is 0 Å². The Balaban J connectivity index is 1.42. The fraction of sp³-hybridized carbons (Fsp3) is 0.593. The molecule has 0 spiro atoms. The van der Waals surface area contributed by atoms with Crippen LogP contribution in [-0.2, 0) is 19.1 Å². The van der Waals surface area contributed by atoms with E-state index in [4.69, 9.17) is 4.74 Å². The molecule has 0 radical (unpaired) electrons. The van der Waals surface area contributed by atoms with Crippen molar-refractivity contribution < 1.29 is 32.3 Å². The van der Waals surface area contributed by atoms with E-state index in [-0.39, 0.29) is 18.4 Å². The number of aromatic nitrogens is 2. The number of carbonyl (C=O) groups is 3. The highest BCUT2D eigenvalue weighted by Gasteiger charge is 2.53. The SMILES string of the molecule is C[C@@H](OC1(C)CC1)[C@H](NC(=O)C(F)(F)F)C(=O)N1C[C@@H]2CCCC2[C@H]1C(=O)NC(C#N)c1cnn2cccc(Br)c12. The minimum atomic E-state index is -5.21. The third-order valence-electron chi connectivity index (χ3n) is 8.39. The van der Waals surface area contributed by atoms with Gasteiger partial charge in [-0.2, -0.15) is 23.5 Å². The van der Waals surface area contributed by atoms with E-state index in [0.29, 0.717) is 34.8 Å². The van der Waals surface area contributed by atoms with Crippen molar-refractivity contribution in [1.82, 2.24) is 25.1 Å². The highest BCUT2D eigenvalue weighted by molar-refractivity contribution is 9.10. The molecule has 0 aromatic carbocycles. The molecule has 2 N–H and O–H groups in total. The summed E-state index contributed by atoms with van der Waals surface area (Å²) < 4.78 is 47.8. The van der Waals surface area contributed by atoms with Gasteiger partial charge in [0.25, 0.3) is 0 Å². The molecule has 2 saturated carbocycles. The maximum Gasteiger partial charge on any atom is 0.471 e. The number of pyridine rings is 1. The number of nitrogens with one attached hydrogen (secondary N) is 2. The first-order chi connectivity index (χ1) is 19.3. The zero-order valence-electron chi connectivity index (χ0n) is 22.4. The lowest BCUT2D eigenvalue weighted by atomic mass is 9.93. The number of amides is 3. The molecule has 3 amide bonds. The maximum atomic E-state index is 13.9. The zero-order chi connectivity index (χ0) is 29.7. The van der Waals surface area contributed by atoms with Crippen molar-refractivity contribution in [2.75, 3.05) is 6.54 Å². The standard InChI is InChI=1S/C27H30BrF3N6O4/c1-14(41-26(2)8-9-26)20(35-25(40)27(29,30)31)24(39)36-13-15-5-3-6-16(15)22(36)23(38)34-19(11-32)17-12-33-37-10-4-7-18(28)21(17)37/h4,7,10,12,14-16,19-20,22H,3,5-6,8-9,13H2,1-2H3,(H,34,38)(H,35,40)/t14-,15+,16?,19?,20+,22+/m1/s1. The number of nitriles is 1. The van der Waals surface area contributed by atoms with E-state index in [1.807, 2.05) is 5.32 Å². The summed E-state index contributed by atoms with van der Waals surface area (Å²) in [6.45, 7) is 3.39. The highest BCUT2D eigenvalue weighted by Crippen LogP contribution is 2.44. The average molecular weight is 639 g/mol. The second kappa shape index (κ2) is 10.9. The minimum absolute atomic E-state index is 0.0301. The van der Waals surface area contributed by atoms with Gasteiger partial charge in [0.2, 0.25) is 11.8 Å².